The van der Waals surface area contributed by atoms with Gasteiger partial charge in [0.05, 0.1) is 5.69 Å². The van der Waals surface area contributed by atoms with Gasteiger partial charge in [0.2, 0.25) is 0 Å². The summed E-state index contributed by atoms with van der Waals surface area (Å²) in [7, 11) is 0. The average Bonchev–Trinajstić information content (AvgIpc) is 2.92. The van der Waals surface area contributed by atoms with Crippen LogP contribution in [0.2, 0.25) is 0 Å². The Labute approximate surface area is 128 Å². The number of carbonyl (C=O) groups excluding carboxylic acids is 1. The number of rotatable bonds is 7. The smallest absolute Gasteiger partial charge is 0.257 e. The van der Waals surface area contributed by atoms with Gasteiger partial charge >= 0.3 is 0 Å². The third-order valence-electron chi connectivity index (χ3n) is 2.90. The molecule has 112 valence electrons. The van der Waals surface area contributed by atoms with Crippen LogP contribution in [0.3, 0.4) is 0 Å². The number of para-hydroxylation sites is 1. The van der Waals surface area contributed by atoms with Gasteiger partial charge < -0.3 is 15.8 Å². The number of hydrogen-bond acceptors (Lipinski definition) is 5. The number of amides is 1. The average molecular weight is 305 g/mol. The largest absolute Gasteiger partial charge is 0.483 e. The fourth-order valence-electron chi connectivity index (χ4n) is 1.81. The summed E-state index contributed by atoms with van der Waals surface area (Å²) < 4.78 is 5.61. The summed E-state index contributed by atoms with van der Waals surface area (Å²) in [4.78, 5) is 15.9. The minimum absolute atomic E-state index is 0.000344. The number of anilines is 1. The molecule has 0 fully saturated rings. The zero-order valence-corrected chi connectivity index (χ0v) is 12.8. The molecule has 2 rings (SSSR count). The van der Waals surface area contributed by atoms with Gasteiger partial charge in [0.1, 0.15) is 5.75 Å². The molecule has 1 aromatic heterocycles. The number of nitrogens with one attached hydrogen (secondary N) is 1. The van der Waals surface area contributed by atoms with E-state index in [0.29, 0.717) is 17.4 Å². The third kappa shape index (κ3) is 4.46. The number of carbonyl (C=O) groups is 1. The lowest BCUT2D eigenvalue weighted by Gasteiger charge is -2.10. The highest BCUT2D eigenvalue weighted by molar-refractivity contribution is 7.13. The lowest BCUT2D eigenvalue weighted by atomic mass is 10.1. The molecule has 1 amide bonds. The molecule has 21 heavy (non-hydrogen) atoms. The predicted octanol–water partition coefficient (Wildman–Crippen LogP) is 2.69. The lowest BCUT2D eigenvalue weighted by Crippen LogP contribution is -2.29. The van der Waals surface area contributed by atoms with Crippen LogP contribution < -0.4 is 15.8 Å². The molecule has 1 aromatic carbocycles. The molecule has 0 unspecified atom stereocenters. The first-order valence-corrected chi connectivity index (χ1v) is 7.78. The zero-order valence-electron chi connectivity index (χ0n) is 12.0. The van der Waals surface area contributed by atoms with E-state index >= 15 is 0 Å². The summed E-state index contributed by atoms with van der Waals surface area (Å²) in [6, 6.07) is 7.49. The van der Waals surface area contributed by atoms with Crippen molar-refractivity contribution in [2.75, 3.05) is 18.9 Å². The van der Waals surface area contributed by atoms with Gasteiger partial charge in [-0.25, -0.2) is 4.98 Å². The maximum atomic E-state index is 11.7. The SMILES string of the molecule is CCCCNC(=O)COc1ccccc1-c1csc(N)n1. The first-order chi connectivity index (χ1) is 10.2. The fraction of sp³-hybridized carbons (Fsp3) is 0.333. The predicted molar refractivity (Wildman–Crippen MR) is 85.4 cm³/mol. The number of thiazole rings is 1. The van der Waals surface area contributed by atoms with Gasteiger partial charge in [-0.1, -0.05) is 25.5 Å². The molecule has 0 aliphatic heterocycles. The highest BCUT2D eigenvalue weighted by atomic mass is 32.1. The Balaban J connectivity index is 1.99. The van der Waals surface area contributed by atoms with Crippen LogP contribution in [0.15, 0.2) is 29.6 Å². The topological polar surface area (TPSA) is 77.2 Å². The van der Waals surface area contributed by atoms with E-state index < -0.39 is 0 Å². The molecule has 5 nitrogen and oxygen atoms in total. The van der Waals surface area contributed by atoms with Crippen LogP contribution in [0.1, 0.15) is 19.8 Å². The van der Waals surface area contributed by atoms with Gasteiger partial charge in [-0.2, -0.15) is 0 Å². The number of unbranched alkanes of at least 4 members (excludes halogenated alkanes) is 1. The molecule has 0 atom stereocenters. The molecule has 0 spiro atoms. The van der Waals surface area contributed by atoms with Gasteiger partial charge in [-0.3, -0.25) is 4.79 Å². The van der Waals surface area contributed by atoms with Gasteiger partial charge in [-0.05, 0) is 18.6 Å². The van der Waals surface area contributed by atoms with E-state index in [4.69, 9.17) is 10.5 Å². The van der Waals surface area contributed by atoms with E-state index in [1.54, 1.807) is 0 Å². The van der Waals surface area contributed by atoms with E-state index in [-0.39, 0.29) is 12.5 Å². The van der Waals surface area contributed by atoms with Crippen LogP contribution in [0.25, 0.3) is 11.3 Å². The van der Waals surface area contributed by atoms with E-state index in [9.17, 15) is 4.79 Å². The molecule has 0 aliphatic rings. The van der Waals surface area contributed by atoms with Crippen molar-refractivity contribution in [3.8, 4) is 17.0 Å². The van der Waals surface area contributed by atoms with Crippen molar-refractivity contribution >= 4 is 22.4 Å². The second kappa shape index (κ2) is 7.64. The maximum Gasteiger partial charge on any atom is 0.257 e. The summed E-state index contributed by atoms with van der Waals surface area (Å²) >= 11 is 1.38. The Morgan fingerprint density at radius 1 is 1.43 bits per heavy atom. The summed E-state index contributed by atoms with van der Waals surface area (Å²) in [6.45, 7) is 2.77. The summed E-state index contributed by atoms with van der Waals surface area (Å²) in [5.41, 5.74) is 7.26. The van der Waals surface area contributed by atoms with E-state index in [2.05, 4.69) is 17.2 Å². The van der Waals surface area contributed by atoms with Crippen LogP contribution >= 0.6 is 11.3 Å². The quantitative estimate of drug-likeness (QED) is 0.771. The molecule has 3 N–H and O–H groups in total. The van der Waals surface area contributed by atoms with Crippen molar-refractivity contribution in [3.63, 3.8) is 0 Å². The Morgan fingerprint density at radius 2 is 2.24 bits per heavy atom. The van der Waals surface area contributed by atoms with Crippen molar-refractivity contribution in [1.82, 2.24) is 10.3 Å². The minimum Gasteiger partial charge on any atom is -0.483 e. The van der Waals surface area contributed by atoms with E-state index in [1.165, 1.54) is 11.3 Å². The monoisotopic (exact) mass is 305 g/mol. The van der Waals surface area contributed by atoms with Gasteiger partial charge in [0.15, 0.2) is 11.7 Å². The molecule has 2 aromatic rings. The number of nitrogens with two attached hydrogens (primary N) is 1. The van der Waals surface area contributed by atoms with Crippen LogP contribution in [0.4, 0.5) is 5.13 Å². The molecular formula is C15H19N3O2S. The first-order valence-electron chi connectivity index (χ1n) is 6.90. The minimum atomic E-state index is -0.115. The Bertz CT molecular complexity index is 598. The van der Waals surface area contributed by atoms with Crippen molar-refractivity contribution < 1.29 is 9.53 Å². The van der Waals surface area contributed by atoms with Crippen LogP contribution in [-0.4, -0.2) is 24.0 Å². The number of nitrogen functional groups attached to an aromatic ring is 1. The Kier molecular flexibility index (Phi) is 5.57. The number of ether oxygens (including phenoxy) is 1. The summed E-state index contributed by atoms with van der Waals surface area (Å²) in [5, 5.41) is 5.20. The van der Waals surface area contributed by atoms with Crippen LogP contribution in [0.5, 0.6) is 5.75 Å². The Morgan fingerprint density at radius 3 is 2.95 bits per heavy atom. The molecule has 1 heterocycles. The van der Waals surface area contributed by atoms with Crippen LogP contribution in [-0.2, 0) is 4.79 Å². The molecule has 0 saturated heterocycles. The summed E-state index contributed by atoms with van der Waals surface area (Å²) in [6.07, 6.45) is 2.02. The lowest BCUT2D eigenvalue weighted by molar-refractivity contribution is -0.123. The maximum absolute atomic E-state index is 11.7. The van der Waals surface area contributed by atoms with Gasteiger partial charge in [-0.15, -0.1) is 11.3 Å². The first kappa shape index (κ1) is 15.3. The third-order valence-corrected chi connectivity index (χ3v) is 3.57. The second-order valence-corrected chi connectivity index (χ2v) is 5.45. The van der Waals surface area contributed by atoms with Crippen molar-refractivity contribution in [3.05, 3.63) is 29.6 Å². The highest BCUT2D eigenvalue weighted by Crippen LogP contribution is 2.31. The van der Waals surface area contributed by atoms with Crippen LogP contribution in [0, 0.1) is 0 Å². The molecular weight excluding hydrogens is 286 g/mol. The zero-order chi connectivity index (χ0) is 15.1. The normalized spacial score (nSPS) is 10.3. The summed E-state index contributed by atoms with van der Waals surface area (Å²) in [5.74, 6) is 0.518. The van der Waals surface area contributed by atoms with Crippen molar-refractivity contribution in [1.29, 1.82) is 0 Å². The highest BCUT2D eigenvalue weighted by Gasteiger charge is 2.10. The molecule has 0 bridgehead atoms. The number of nitrogens with zero attached hydrogens (tertiary/aromatic N) is 1. The second-order valence-electron chi connectivity index (χ2n) is 4.56. The van der Waals surface area contributed by atoms with Gasteiger partial charge in [0.25, 0.3) is 5.91 Å². The molecule has 0 radical (unpaired) electrons. The van der Waals surface area contributed by atoms with Gasteiger partial charge in [0, 0.05) is 17.5 Å². The number of benzene rings is 1. The van der Waals surface area contributed by atoms with E-state index in [0.717, 1.165) is 24.1 Å². The molecule has 0 aliphatic carbocycles. The fourth-order valence-corrected chi connectivity index (χ4v) is 2.38. The molecule has 6 heteroatoms. The molecule has 0 saturated carbocycles. The van der Waals surface area contributed by atoms with Crippen molar-refractivity contribution in [2.24, 2.45) is 0 Å². The standard InChI is InChI=1S/C15H19N3O2S/c1-2-3-8-17-14(19)9-20-13-7-5-4-6-11(13)12-10-21-15(16)18-12/h4-7,10H,2-3,8-9H2,1H3,(H2,16,18)(H,17,19). The van der Waals surface area contributed by atoms with Crippen molar-refractivity contribution in [2.45, 2.75) is 19.8 Å². The van der Waals surface area contributed by atoms with E-state index in [1.807, 2.05) is 29.6 Å². The number of aromatic nitrogens is 1. The Hall–Kier alpha value is -2.08. The number of hydrogen-bond donors (Lipinski definition) is 2.